The Hall–Kier alpha value is -0.940. The molecule has 0 spiro atoms. The van der Waals surface area contributed by atoms with E-state index in [2.05, 4.69) is 26.2 Å². The third-order valence-electron chi connectivity index (χ3n) is 3.72. The molecule has 1 aliphatic carbocycles. The molecule has 2 rings (SSSR count). The van der Waals surface area contributed by atoms with Crippen LogP contribution in [0, 0.1) is 5.41 Å². The van der Waals surface area contributed by atoms with Crippen LogP contribution in [0.3, 0.4) is 0 Å². The van der Waals surface area contributed by atoms with Crippen molar-refractivity contribution in [2.75, 3.05) is 6.61 Å². The van der Waals surface area contributed by atoms with Crippen LogP contribution in [-0.4, -0.2) is 28.6 Å². The van der Waals surface area contributed by atoms with Crippen LogP contribution >= 0.6 is 15.9 Å². The highest BCUT2D eigenvalue weighted by atomic mass is 79.9. The van der Waals surface area contributed by atoms with E-state index in [1.807, 2.05) is 6.92 Å². The number of rotatable bonds is 3. The zero-order valence-corrected chi connectivity index (χ0v) is 11.9. The van der Waals surface area contributed by atoms with Crippen molar-refractivity contribution in [3.8, 4) is 0 Å². The summed E-state index contributed by atoms with van der Waals surface area (Å²) in [5.41, 5.74) is 0.339. The van der Waals surface area contributed by atoms with Crippen LogP contribution in [0.2, 0.25) is 0 Å². The lowest BCUT2D eigenvalue weighted by Gasteiger charge is -2.30. The summed E-state index contributed by atoms with van der Waals surface area (Å²) in [6.45, 7) is 2.12. The molecule has 1 aliphatic rings. The lowest BCUT2D eigenvalue weighted by Crippen LogP contribution is -2.44. The maximum Gasteiger partial charge on any atom is 0.253 e. The number of aromatic nitrogens is 1. The summed E-state index contributed by atoms with van der Waals surface area (Å²) in [6.07, 6.45) is 6.10. The molecular formula is C13H17BrN2O2. The molecule has 2 unspecified atom stereocenters. The number of carbonyl (C=O) groups is 1. The Morgan fingerprint density at radius 3 is 3.11 bits per heavy atom. The minimum absolute atomic E-state index is 0.0361. The van der Waals surface area contributed by atoms with Gasteiger partial charge in [0.05, 0.1) is 12.2 Å². The molecule has 18 heavy (non-hydrogen) atoms. The Morgan fingerprint density at radius 1 is 1.67 bits per heavy atom. The van der Waals surface area contributed by atoms with E-state index in [9.17, 15) is 9.90 Å². The fraction of sp³-hybridized carbons (Fsp3) is 0.538. The molecule has 4 nitrogen and oxygen atoms in total. The van der Waals surface area contributed by atoms with Gasteiger partial charge in [-0.1, -0.05) is 13.3 Å². The van der Waals surface area contributed by atoms with Crippen LogP contribution in [0.25, 0.3) is 0 Å². The molecular weight excluding hydrogens is 296 g/mol. The summed E-state index contributed by atoms with van der Waals surface area (Å²) in [5, 5.41) is 12.5. The van der Waals surface area contributed by atoms with Crippen molar-refractivity contribution in [3.05, 3.63) is 28.5 Å². The van der Waals surface area contributed by atoms with Gasteiger partial charge in [0.15, 0.2) is 0 Å². The number of nitrogens with one attached hydrogen (secondary N) is 1. The van der Waals surface area contributed by atoms with Gasteiger partial charge in [0, 0.05) is 28.3 Å². The Labute approximate surface area is 115 Å². The summed E-state index contributed by atoms with van der Waals surface area (Å²) in [6, 6.07) is 1.78. The van der Waals surface area contributed by atoms with E-state index < -0.39 is 0 Å². The number of aliphatic hydroxyl groups is 1. The minimum atomic E-state index is -0.199. The zero-order valence-electron chi connectivity index (χ0n) is 10.3. The number of aliphatic hydroxyl groups excluding tert-OH is 1. The summed E-state index contributed by atoms with van der Waals surface area (Å²) in [4.78, 5) is 16.1. The molecule has 1 heterocycles. The van der Waals surface area contributed by atoms with Gasteiger partial charge in [-0.25, -0.2) is 0 Å². The second kappa shape index (κ2) is 5.36. The molecule has 98 valence electrons. The van der Waals surface area contributed by atoms with Crippen molar-refractivity contribution >= 4 is 21.8 Å². The van der Waals surface area contributed by atoms with E-state index in [1.54, 1.807) is 18.5 Å². The molecule has 1 aromatic heterocycles. The van der Waals surface area contributed by atoms with Gasteiger partial charge in [0.25, 0.3) is 5.91 Å². The van der Waals surface area contributed by atoms with Gasteiger partial charge in [-0.15, -0.1) is 0 Å². The summed E-state index contributed by atoms with van der Waals surface area (Å²) in [5.74, 6) is -0.129. The monoisotopic (exact) mass is 312 g/mol. The summed E-state index contributed by atoms with van der Waals surface area (Å²) in [7, 11) is 0. The molecule has 1 saturated carbocycles. The predicted octanol–water partition coefficient (Wildman–Crippen LogP) is 2.12. The molecule has 0 aromatic carbocycles. The largest absolute Gasteiger partial charge is 0.396 e. The van der Waals surface area contributed by atoms with E-state index in [1.165, 1.54) is 0 Å². The standard InChI is InChI=1S/C13H17BrN2O2/c1-13(8-17)4-2-3-11(13)16-12(18)9-5-10(14)7-15-6-9/h5-7,11,17H,2-4,8H2,1H3,(H,16,18). The first-order valence-electron chi connectivity index (χ1n) is 6.07. The van der Waals surface area contributed by atoms with Crippen LogP contribution in [-0.2, 0) is 0 Å². The Bertz CT molecular complexity index is 452. The van der Waals surface area contributed by atoms with E-state index in [-0.39, 0.29) is 24.0 Å². The highest BCUT2D eigenvalue weighted by Crippen LogP contribution is 2.37. The normalized spacial score (nSPS) is 27.2. The predicted molar refractivity (Wildman–Crippen MR) is 72.2 cm³/mol. The Morgan fingerprint density at radius 2 is 2.44 bits per heavy atom. The quantitative estimate of drug-likeness (QED) is 0.898. The van der Waals surface area contributed by atoms with Crippen molar-refractivity contribution in [1.29, 1.82) is 0 Å². The molecule has 1 amide bonds. The number of hydrogen-bond acceptors (Lipinski definition) is 3. The fourth-order valence-electron chi connectivity index (χ4n) is 2.45. The van der Waals surface area contributed by atoms with Crippen LogP contribution in [0.5, 0.6) is 0 Å². The smallest absolute Gasteiger partial charge is 0.253 e. The molecule has 1 fully saturated rings. The van der Waals surface area contributed by atoms with Gasteiger partial charge in [-0.3, -0.25) is 9.78 Å². The SMILES string of the molecule is CC1(CO)CCCC1NC(=O)c1cncc(Br)c1. The lowest BCUT2D eigenvalue weighted by molar-refractivity contribution is 0.0830. The molecule has 0 radical (unpaired) electrons. The number of carbonyl (C=O) groups excluding carboxylic acids is 1. The Kier molecular flexibility index (Phi) is 4.02. The third kappa shape index (κ3) is 2.72. The topological polar surface area (TPSA) is 62.2 Å². The number of halogens is 1. The van der Waals surface area contributed by atoms with Crippen LogP contribution in [0.4, 0.5) is 0 Å². The first-order chi connectivity index (χ1) is 8.55. The number of hydrogen-bond donors (Lipinski definition) is 2. The zero-order chi connectivity index (χ0) is 13.2. The Balaban J connectivity index is 2.08. The molecule has 1 aromatic rings. The van der Waals surface area contributed by atoms with Gasteiger partial charge in [-0.2, -0.15) is 0 Å². The average molecular weight is 313 g/mol. The fourth-order valence-corrected chi connectivity index (χ4v) is 2.81. The van der Waals surface area contributed by atoms with Gasteiger partial charge in [-0.05, 0) is 34.8 Å². The first kappa shape index (κ1) is 13.5. The van der Waals surface area contributed by atoms with Crippen LogP contribution in [0.1, 0.15) is 36.5 Å². The van der Waals surface area contributed by atoms with Crippen molar-refractivity contribution in [2.24, 2.45) is 5.41 Å². The number of pyridine rings is 1. The molecule has 2 atom stereocenters. The lowest BCUT2D eigenvalue weighted by atomic mass is 9.85. The average Bonchev–Trinajstić information content (AvgIpc) is 2.72. The van der Waals surface area contributed by atoms with Crippen LogP contribution < -0.4 is 5.32 Å². The highest BCUT2D eigenvalue weighted by Gasteiger charge is 2.39. The van der Waals surface area contributed by atoms with E-state index in [0.29, 0.717) is 5.56 Å². The molecule has 5 heteroatoms. The minimum Gasteiger partial charge on any atom is -0.396 e. The van der Waals surface area contributed by atoms with Gasteiger partial charge < -0.3 is 10.4 Å². The summed E-state index contributed by atoms with van der Waals surface area (Å²) < 4.78 is 0.784. The van der Waals surface area contributed by atoms with Gasteiger partial charge in [0.1, 0.15) is 0 Å². The van der Waals surface area contributed by atoms with Gasteiger partial charge >= 0.3 is 0 Å². The maximum atomic E-state index is 12.1. The first-order valence-corrected chi connectivity index (χ1v) is 6.87. The van der Waals surface area contributed by atoms with Gasteiger partial charge in [0.2, 0.25) is 0 Å². The third-order valence-corrected chi connectivity index (χ3v) is 4.15. The summed E-state index contributed by atoms with van der Waals surface area (Å²) >= 11 is 3.30. The number of nitrogens with zero attached hydrogens (tertiary/aromatic N) is 1. The van der Waals surface area contributed by atoms with E-state index in [0.717, 1.165) is 23.7 Å². The molecule has 2 N–H and O–H groups in total. The van der Waals surface area contributed by atoms with Crippen LogP contribution in [0.15, 0.2) is 22.9 Å². The maximum absolute atomic E-state index is 12.1. The highest BCUT2D eigenvalue weighted by molar-refractivity contribution is 9.10. The second-order valence-electron chi connectivity index (χ2n) is 5.12. The second-order valence-corrected chi connectivity index (χ2v) is 6.04. The number of amides is 1. The van der Waals surface area contributed by atoms with Crippen molar-refractivity contribution in [3.63, 3.8) is 0 Å². The van der Waals surface area contributed by atoms with Crippen molar-refractivity contribution in [1.82, 2.24) is 10.3 Å². The molecule has 0 aliphatic heterocycles. The van der Waals surface area contributed by atoms with E-state index >= 15 is 0 Å². The van der Waals surface area contributed by atoms with Crippen molar-refractivity contribution < 1.29 is 9.90 Å². The van der Waals surface area contributed by atoms with Crippen molar-refractivity contribution in [2.45, 2.75) is 32.2 Å². The molecule has 0 bridgehead atoms. The van der Waals surface area contributed by atoms with E-state index in [4.69, 9.17) is 0 Å². The molecule has 0 saturated heterocycles.